The minimum Gasteiger partial charge on any atom is -0.463 e. The van der Waals surface area contributed by atoms with Crippen molar-refractivity contribution in [2.75, 3.05) is 20.0 Å². The van der Waals surface area contributed by atoms with E-state index in [0.717, 1.165) is 43.4 Å². The molecule has 122 valence electrons. The highest BCUT2D eigenvalue weighted by Crippen LogP contribution is 2.34. The summed E-state index contributed by atoms with van der Waals surface area (Å²) in [7, 11) is 0. The average molecular weight is 317 g/mol. The van der Waals surface area contributed by atoms with Gasteiger partial charge in [-0.2, -0.15) is 4.98 Å². The SMILES string of the molecule is FCOc1ccc(-c2nc(C3CCN(C4CC4)CC3)no2)cc1. The van der Waals surface area contributed by atoms with Gasteiger partial charge in [-0.1, -0.05) is 5.16 Å². The molecule has 2 aromatic rings. The summed E-state index contributed by atoms with van der Waals surface area (Å²) in [5.41, 5.74) is 0.824. The van der Waals surface area contributed by atoms with Crippen molar-refractivity contribution in [2.45, 2.75) is 37.6 Å². The maximum absolute atomic E-state index is 12.1. The Balaban J connectivity index is 1.42. The Bertz CT molecular complexity index is 646. The Kier molecular flexibility index (Phi) is 3.99. The van der Waals surface area contributed by atoms with Gasteiger partial charge in [0.1, 0.15) is 5.75 Å². The molecule has 0 N–H and O–H groups in total. The molecule has 1 aromatic heterocycles. The molecule has 5 nitrogen and oxygen atoms in total. The van der Waals surface area contributed by atoms with Crippen molar-refractivity contribution in [1.82, 2.24) is 15.0 Å². The van der Waals surface area contributed by atoms with Gasteiger partial charge in [-0.05, 0) is 63.0 Å². The Labute approximate surface area is 134 Å². The number of benzene rings is 1. The van der Waals surface area contributed by atoms with Gasteiger partial charge in [-0.25, -0.2) is 4.39 Å². The Morgan fingerprint density at radius 1 is 1.13 bits per heavy atom. The summed E-state index contributed by atoms with van der Waals surface area (Å²) >= 11 is 0. The minimum absolute atomic E-state index is 0.386. The van der Waals surface area contributed by atoms with Crippen LogP contribution >= 0.6 is 0 Å². The molecule has 1 saturated carbocycles. The van der Waals surface area contributed by atoms with Crippen LogP contribution in [-0.2, 0) is 0 Å². The van der Waals surface area contributed by atoms with Crippen molar-refractivity contribution in [1.29, 1.82) is 0 Å². The lowest BCUT2D eigenvalue weighted by Gasteiger charge is -2.30. The van der Waals surface area contributed by atoms with Gasteiger partial charge >= 0.3 is 0 Å². The van der Waals surface area contributed by atoms with E-state index in [2.05, 4.69) is 15.0 Å². The number of ether oxygens (including phenoxy) is 1. The van der Waals surface area contributed by atoms with E-state index in [1.165, 1.54) is 12.8 Å². The smallest absolute Gasteiger partial charge is 0.257 e. The van der Waals surface area contributed by atoms with E-state index in [9.17, 15) is 4.39 Å². The van der Waals surface area contributed by atoms with E-state index in [0.29, 0.717) is 17.6 Å². The molecule has 2 fully saturated rings. The number of halogens is 1. The van der Waals surface area contributed by atoms with Crippen LogP contribution in [0.5, 0.6) is 5.75 Å². The third-order valence-corrected chi connectivity index (χ3v) is 4.72. The second kappa shape index (κ2) is 6.28. The van der Waals surface area contributed by atoms with Gasteiger partial charge in [-0.15, -0.1) is 0 Å². The summed E-state index contributed by atoms with van der Waals surface area (Å²) in [6.45, 7) is 1.44. The van der Waals surface area contributed by atoms with Crippen LogP contribution in [0.3, 0.4) is 0 Å². The molecule has 0 amide bonds. The zero-order valence-corrected chi connectivity index (χ0v) is 12.9. The molecule has 0 unspecified atom stereocenters. The monoisotopic (exact) mass is 317 g/mol. The van der Waals surface area contributed by atoms with Gasteiger partial charge in [0.2, 0.25) is 6.86 Å². The summed E-state index contributed by atoms with van der Waals surface area (Å²) in [6.07, 6.45) is 4.91. The van der Waals surface area contributed by atoms with Crippen molar-refractivity contribution in [3.05, 3.63) is 30.1 Å². The Morgan fingerprint density at radius 2 is 1.87 bits per heavy atom. The summed E-state index contributed by atoms with van der Waals surface area (Å²) in [5.74, 6) is 2.19. The molecular weight excluding hydrogens is 297 g/mol. The molecule has 23 heavy (non-hydrogen) atoms. The highest BCUT2D eigenvalue weighted by atomic mass is 19.1. The molecule has 1 aliphatic heterocycles. The standard InChI is InChI=1S/C17H20FN3O2/c18-11-22-15-5-1-13(2-6-15)17-19-16(20-23-17)12-7-9-21(10-8-12)14-3-4-14/h1-2,5-6,12,14H,3-4,7-11H2. The van der Waals surface area contributed by atoms with Crippen LogP contribution in [0.25, 0.3) is 11.5 Å². The normalized spacial score (nSPS) is 19.9. The number of piperidine rings is 1. The van der Waals surface area contributed by atoms with Gasteiger partial charge in [0.15, 0.2) is 5.82 Å². The van der Waals surface area contributed by atoms with E-state index in [4.69, 9.17) is 9.26 Å². The fourth-order valence-corrected chi connectivity index (χ4v) is 3.24. The lowest BCUT2D eigenvalue weighted by Crippen LogP contribution is -2.34. The number of nitrogens with zero attached hydrogens (tertiary/aromatic N) is 3. The van der Waals surface area contributed by atoms with Crippen molar-refractivity contribution < 1.29 is 13.7 Å². The minimum atomic E-state index is -0.830. The van der Waals surface area contributed by atoms with Crippen molar-refractivity contribution in [3.8, 4) is 17.2 Å². The van der Waals surface area contributed by atoms with Gasteiger partial charge < -0.3 is 14.2 Å². The molecule has 1 saturated heterocycles. The molecule has 0 bridgehead atoms. The summed E-state index contributed by atoms with van der Waals surface area (Å²) in [4.78, 5) is 7.14. The topological polar surface area (TPSA) is 51.4 Å². The first kappa shape index (κ1) is 14.6. The van der Waals surface area contributed by atoms with E-state index in [1.807, 2.05) is 0 Å². The Morgan fingerprint density at radius 3 is 2.52 bits per heavy atom. The second-order valence-corrected chi connectivity index (χ2v) is 6.28. The van der Waals surface area contributed by atoms with E-state index in [1.54, 1.807) is 24.3 Å². The first-order valence-electron chi connectivity index (χ1n) is 8.20. The van der Waals surface area contributed by atoms with Gasteiger partial charge in [-0.3, -0.25) is 0 Å². The van der Waals surface area contributed by atoms with Crippen LogP contribution < -0.4 is 4.74 Å². The number of alkyl halides is 1. The number of aromatic nitrogens is 2. The van der Waals surface area contributed by atoms with Crippen LogP contribution in [0.1, 0.15) is 37.4 Å². The summed E-state index contributed by atoms with van der Waals surface area (Å²) in [5, 5.41) is 4.16. The lowest BCUT2D eigenvalue weighted by atomic mass is 9.96. The average Bonchev–Trinajstić information content (AvgIpc) is 3.33. The largest absolute Gasteiger partial charge is 0.463 e. The summed E-state index contributed by atoms with van der Waals surface area (Å²) < 4.78 is 22.3. The van der Waals surface area contributed by atoms with E-state index >= 15 is 0 Å². The molecule has 1 aromatic carbocycles. The van der Waals surface area contributed by atoms with Gasteiger partial charge in [0.25, 0.3) is 5.89 Å². The van der Waals surface area contributed by atoms with Crippen molar-refractivity contribution in [3.63, 3.8) is 0 Å². The van der Waals surface area contributed by atoms with Crippen molar-refractivity contribution in [2.24, 2.45) is 0 Å². The van der Waals surface area contributed by atoms with E-state index < -0.39 is 6.86 Å². The highest BCUT2D eigenvalue weighted by Gasteiger charge is 2.33. The van der Waals surface area contributed by atoms with Crippen molar-refractivity contribution >= 4 is 0 Å². The predicted molar refractivity (Wildman–Crippen MR) is 82.9 cm³/mol. The maximum Gasteiger partial charge on any atom is 0.257 e. The molecule has 1 aliphatic carbocycles. The molecule has 0 atom stereocenters. The van der Waals surface area contributed by atoms with Gasteiger partial charge in [0, 0.05) is 17.5 Å². The number of likely N-dealkylation sites (tertiary alicyclic amines) is 1. The Hall–Kier alpha value is -1.95. The molecule has 2 aliphatic rings. The first-order chi connectivity index (χ1) is 11.3. The third-order valence-electron chi connectivity index (χ3n) is 4.72. The second-order valence-electron chi connectivity index (χ2n) is 6.28. The number of hydrogen-bond acceptors (Lipinski definition) is 5. The quantitative estimate of drug-likeness (QED) is 0.846. The highest BCUT2D eigenvalue weighted by molar-refractivity contribution is 5.54. The zero-order valence-electron chi connectivity index (χ0n) is 12.9. The number of hydrogen-bond donors (Lipinski definition) is 0. The van der Waals surface area contributed by atoms with Crippen LogP contribution in [0.2, 0.25) is 0 Å². The molecule has 0 spiro atoms. The van der Waals surface area contributed by atoms with Crippen LogP contribution in [0.4, 0.5) is 4.39 Å². The molecule has 2 heterocycles. The molecule has 6 heteroatoms. The van der Waals surface area contributed by atoms with Crippen LogP contribution in [-0.4, -0.2) is 41.0 Å². The van der Waals surface area contributed by atoms with E-state index in [-0.39, 0.29) is 0 Å². The first-order valence-corrected chi connectivity index (χ1v) is 8.20. The van der Waals surface area contributed by atoms with Gasteiger partial charge in [0.05, 0.1) is 0 Å². The fraction of sp³-hybridized carbons (Fsp3) is 0.529. The molecule has 0 radical (unpaired) electrons. The van der Waals surface area contributed by atoms with Crippen LogP contribution in [0.15, 0.2) is 28.8 Å². The summed E-state index contributed by atoms with van der Waals surface area (Å²) in [6, 6.07) is 7.84. The fourth-order valence-electron chi connectivity index (χ4n) is 3.24. The predicted octanol–water partition coefficient (Wildman–Crippen LogP) is 3.38. The molecule has 4 rings (SSSR count). The third kappa shape index (κ3) is 3.22. The molecular formula is C17H20FN3O2. The zero-order chi connectivity index (χ0) is 15.6. The number of rotatable bonds is 5. The maximum atomic E-state index is 12.1. The lowest BCUT2D eigenvalue weighted by molar-refractivity contribution is 0.192. The van der Waals surface area contributed by atoms with Crippen LogP contribution in [0, 0.1) is 0 Å².